The van der Waals surface area contributed by atoms with Gasteiger partial charge in [0.25, 0.3) is 5.91 Å². The van der Waals surface area contributed by atoms with Gasteiger partial charge in [-0.15, -0.1) is 0 Å². The molecule has 0 unspecified atom stereocenters. The number of phenols is 1. The van der Waals surface area contributed by atoms with Crippen molar-refractivity contribution in [3.63, 3.8) is 0 Å². The predicted molar refractivity (Wildman–Crippen MR) is 74.8 cm³/mol. The third kappa shape index (κ3) is 2.53. The molecule has 3 nitrogen and oxygen atoms in total. The summed E-state index contributed by atoms with van der Waals surface area (Å²) in [6.07, 6.45) is 3.23. The Hall–Kier alpha value is -1.03. The first kappa shape index (κ1) is 13.4. The van der Waals surface area contributed by atoms with E-state index in [1.54, 1.807) is 18.2 Å². The molecule has 0 aromatic heterocycles. The van der Waals surface area contributed by atoms with E-state index in [1.165, 1.54) is 0 Å². The van der Waals surface area contributed by atoms with E-state index in [2.05, 4.69) is 29.8 Å². The molecule has 1 aromatic carbocycles. The van der Waals surface area contributed by atoms with Crippen LogP contribution in [0, 0.1) is 0 Å². The summed E-state index contributed by atoms with van der Waals surface area (Å²) in [7, 11) is 0. The molecule has 18 heavy (non-hydrogen) atoms. The normalized spacial score (nSPS) is 24.1. The number of rotatable bonds is 1. The van der Waals surface area contributed by atoms with Crippen molar-refractivity contribution in [2.24, 2.45) is 0 Å². The summed E-state index contributed by atoms with van der Waals surface area (Å²) in [5, 5.41) is 9.84. The number of carbonyl (C=O) groups is 1. The highest BCUT2D eigenvalue weighted by atomic mass is 79.9. The Labute approximate surface area is 116 Å². The van der Waals surface area contributed by atoms with E-state index in [-0.39, 0.29) is 23.7 Å². The third-order valence-corrected chi connectivity index (χ3v) is 4.11. The van der Waals surface area contributed by atoms with Crippen molar-refractivity contribution in [1.82, 2.24) is 4.90 Å². The molecule has 1 fully saturated rings. The van der Waals surface area contributed by atoms with Crippen LogP contribution in [0.5, 0.6) is 5.75 Å². The lowest BCUT2D eigenvalue weighted by molar-refractivity contribution is 0.0508. The molecule has 0 radical (unpaired) electrons. The SMILES string of the molecule is C[C@@H]1CCC[C@H](C)N1C(=O)c1cc(Br)ccc1O. The highest BCUT2D eigenvalue weighted by Crippen LogP contribution is 2.29. The second-order valence-corrected chi connectivity index (χ2v) is 5.92. The molecule has 0 aliphatic carbocycles. The Morgan fingerprint density at radius 1 is 1.33 bits per heavy atom. The Bertz CT molecular complexity index is 451. The zero-order valence-electron chi connectivity index (χ0n) is 10.7. The largest absolute Gasteiger partial charge is 0.507 e. The van der Waals surface area contributed by atoms with Crippen LogP contribution < -0.4 is 0 Å². The van der Waals surface area contributed by atoms with Gasteiger partial charge in [-0.3, -0.25) is 4.79 Å². The highest BCUT2D eigenvalue weighted by molar-refractivity contribution is 9.10. The fraction of sp³-hybridized carbons (Fsp3) is 0.500. The Morgan fingerprint density at radius 2 is 1.94 bits per heavy atom. The number of aromatic hydroxyl groups is 1. The van der Waals surface area contributed by atoms with Crippen molar-refractivity contribution in [2.45, 2.75) is 45.2 Å². The first-order valence-electron chi connectivity index (χ1n) is 6.32. The molecule has 98 valence electrons. The average molecular weight is 312 g/mol. The van der Waals surface area contributed by atoms with Crippen LogP contribution in [-0.4, -0.2) is 28.0 Å². The van der Waals surface area contributed by atoms with Crippen LogP contribution >= 0.6 is 15.9 Å². The minimum Gasteiger partial charge on any atom is -0.507 e. The van der Waals surface area contributed by atoms with E-state index < -0.39 is 0 Å². The van der Waals surface area contributed by atoms with Crippen LogP contribution in [0.4, 0.5) is 0 Å². The van der Waals surface area contributed by atoms with Crippen molar-refractivity contribution < 1.29 is 9.90 Å². The quantitative estimate of drug-likeness (QED) is 0.861. The van der Waals surface area contributed by atoms with Crippen molar-refractivity contribution in [3.8, 4) is 5.75 Å². The number of benzene rings is 1. The van der Waals surface area contributed by atoms with E-state index in [4.69, 9.17) is 0 Å². The maximum Gasteiger partial charge on any atom is 0.258 e. The number of halogens is 1. The topological polar surface area (TPSA) is 40.5 Å². The van der Waals surface area contributed by atoms with E-state index in [1.807, 2.05) is 4.90 Å². The minimum atomic E-state index is -0.0755. The molecule has 1 saturated heterocycles. The molecule has 2 atom stereocenters. The molecule has 1 heterocycles. The second kappa shape index (κ2) is 5.31. The summed E-state index contributed by atoms with van der Waals surface area (Å²) in [6.45, 7) is 4.14. The van der Waals surface area contributed by atoms with Gasteiger partial charge in [0, 0.05) is 16.6 Å². The van der Waals surface area contributed by atoms with Crippen LogP contribution in [0.3, 0.4) is 0 Å². The molecule has 1 aliphatic heterocycles. The number of piperidine rings is 1. The average Bonchev–Trinajstić information content (AvgIpc) is 2.32. The van der Waals surface area contributed by atoms with Crippen molar-refractivity contribution in [2.75, 3.05) is 0 Å². The molecule has 1 N–H and O–H groups in total. The van der Waals surface area contributed by atoms with Gasteiger partial charge in [0.1, 0.15) is 5.75 Å². The fourth-order valence-electron chi connectivity index (χ4n) is 2.64. The number of hydrogen-bond donors (Lipinski definition) is 1. The van der Waals surface area contributed by atoms with Gasteiger partial charge in [0.05, 0.1) is 5.56 Å². The van der Waals surface area contributed by atoms with E-state index in [0.29, 0.717) is 5.56 Å². The van der Waals surface area contributed by atoms with Gasteiger partial charge in [0.2, 0.25) is 0 Å². The number of phenolic OH excluding ortho intramolecular Hbond substituents is 1. The van der Waals surface area contributed by atoms with E-state index in [9.17, 15) is 9.90 Å². The van der Waals surface area contributed by atoms with Crippen molar-refractivity contribution >= 4 is 21.8 Å². The molecule has 4 heteroatoms. The lowest BCUT2D eigenvalue weighted by atomic mass is 9.96. The van der Waals surface area contributed by atoms with Crippen LogP contribution in [0.15, 0.2) is 22.7 Å². The molecule has 0 bridgehead atoms. The number of nitrogens with zero attached hydrogens (tertiary/aromatic N) is 1. The summed E-state index contributed by atoms with van der Waals surface area (Å²) < 4.78 is 0.806. The van der Waals surface area contributed by atoms with Gasteiger partial charge in [-0.1, -0.05) is 15.9 Å². The number of likely N-dealkylation sites (tertiary alicyclic amines) is 1. The van der Waals surface area contributed by atoms with Crippen LogP contribution in [0.2, 0.25) is 0 Å². The number of hydrogen-bond acceptors (Lipinski definition) is 2. The standard InChI is InChI=1S/C14H18BrNO2/c1-9-4-3-5-10(2)16(9)14(18)12-8-11(15)6-7-13(12)17/h6-10,17H,3-5H2,1-2H3/t9-,10+. The third-order valence-electron chi connectivity index (χ3n) is 3.62. The first-order chi connectivity index (χ1) is 8.50. The van der Waals surface area contributed by atoms with Crippen LogP contribution in [0.25, 0.3) is 0 Å². The van der Waals surface area contributed by atoms with Gasteiger partial charge in [-0.05, 0) is 51.3 Å². The Morgan fingerprint density at radius 3 is 2.56 bits per heavy atom. The molecule has 0 saturated carbocycles. The molecule has 1 aliphatic rings. The van der Waals surface area contributed by atoms with Gasteiger partial charge in [-0.25, -0.2) is 0 Å². The molecule has 2 rings (SSSR count). The summed E-state index contributed by atoms with van der Waals surface area (Å²) in [6, 6.07) is 5.44. The smallest absolute Gasteiger partial charge is 0.258 e. The Balaban J connectivity index is 2.32. The Kier molecular flexibility index (Phi) is 3.95. The second-order valence-electron chi connectivity index (χ2n) is 5.00. The van der Waals surface area contributed by atoms with Crippen molar-refractivity contribution in [1.29, 1.82) is 0 Å². The monoisotopic (exact) mass is 311 g/mol. The summed E-state index contributed by atoms with van der Waals surface area (Å²) in [4.78, 5) is 14.4. The summed E-state index contributed by atoms with van der Waals surface area (Å²) in [5.74, 6) is -0.0262. The zero-order chi connectivity index (χ0) is 13.3. The van der Waals surface area contributed by atoms with Gasteiger partial charge in [0.15, 0.2) is 0 Å². The highest BCUT2D eigenvalue weighted by Gasteiger charge is 2.30. The van der Waals surface area contributed by atoms with Gasteiger partial charge < -0.3 is 10.0 Å². The van der Waals surface area contributed by atoms with Gasteiger partial charge in [-0.2, -0.15) is 0 Å². The summed E-state index contributed by atoms with van der Waals surface area (Å²) in [5.41, 5.74) is 0.380. The lowest BCUT2D eigenvalue weighted by Crippen LogP contribution is -2.47. The number of carbonyl (C=O) groups excluding carboxylic acids is 1. The van der Waals surface area contributed by atoms with Crippen LogP contribution in [-0.2, 0) is 0 Å². The van der Waals surface area contributed by atoms with E-state index >= 15 is 0 Å². The lowest BCUT2D eigenvalue weighted by Gasteiger charge is -2.39. The molecule has 1 aromatic rings. The molecule has 1 amide bonds. The molecular weight excluding hydrogens is 294 g/mol. The summed E-state index contributed by atoms with van der Waals surface area (Å²) >= 11 is 3.34. The first-order valence-corrected chi connectivity index (χ1v) is 7.11. The minimum absolute atomic E-state index is 0.0492. The van der Waals surface area contributed by atoms with E-state index in [0.717, 1.165) is 23.7 Å². The molecular formula is C14H18BrNO2. The van der Waals surface area contributed by atoms with Gasteiger partial charge >= 0.3 is 0 Å². The maximum absolute atomic E-state index is 12.5. The fourth-order valence-corrected chi connectivity index (χ4v) is 3.00. The zero-order valence-corrected chi connectivity index (χ0v) is 12.3. The number of amides is 1. The van der Waals surface area contributed by atoms with Crippen LogP contribution in [0.1, 0.15) is 43.5 Å². The van der Waals surface area contributed by atoms with Crippen molar-refractivity contribution in [3.05, 3.63) is 28.2 Å². The maximum atomic E-state index is 12.5. The predicted octanol–water partition coefficient (Wildman–Crippen LogP) is 3.56. The molecule has 0 spiro atoms.